The van der Waals surface area contributed by atoms with Crippen LogP contribution in [0.5, 0.6) is 0 Å². The SMILES string of the molecule is Cc1cc(N(C)C)cc(C)c1NC(=O)c1cccc(-c2ccoc2)c1. The normalized spacial score (nSPS) is 10.6. The van der Waals surface area contributed by atoms with Crippen LogP contribution in [0.1, 0.15) is 21.5 Å². The summed E-state index contributed by atoms with van der Waals surface area (Å²) in [6, 6.07) is 13.6. The molecular formula is C21H22N2O2. The van der Waals surface area contributed by atoms with Crippen LogP contribution in [0.25, 0.3) is 11.1 Å². The van der Waals surface area contributed by atoms with E-state index >= 15 is 0 Å². The molecule has 0 spiro atoms. The first-order chi connectivity index (χ1) is 12.0. The van der Waals surface area contributed by atoms with Crippen molar-refractivity contribution >= 4 is 17.3 Å². The van der Waals surface area contributed by atoms with E-state index in [1.54, 1.807) is 12.5 Å². The average molecular weight is 334 g/mol. The van der Waals surface area contributed by atoms with E-state index < -0.39 is 0 Å². The zero-order valence-electron chi connectivity index (χ0n) is 15.0. The Morgan fingerprint density at radius 3 is 2.32 bits per heavy atom. The van der Waals surface area contributed by atoms with Gasteiger partial charge in [-0.1, -0.05) is 12.1 Å². The number of aryl methyl sites for hydroxylation is 2. The third kappa shape index (κ3) is 3.58. The Labute approximate surface area is 148 Å². The van der Waals surface area contributed by atoms with Gasteiger partial charge in [0.05, 0.1) is 12.5 Å². The predicted molar refractivity (Wildman–Crippen MR) is 102 cm³/mol. The number of nitrogens with zero attached hydrogens (tertiary/aromatic N) is 1. The maximum absolute atomic E-state index is 12.7. The molecule has 4 nitrogen and oxygen atoms in total. The molecule has 0 aliphatic carbocycles. The highest BCUT2D eigenvalue weighted by Crippen LogP contribution is 2.27. The zero-order valence-corrected chi connectivity index (χ0v) is 15.0. The molecule has 1 heterocycles. The molecule has 0 unspecified atom stereocenters. The number of carbonyl (C=O) groups excluding carboxylic acids is 1. The summed E-state index contributed by atoms with van der Waals surface area (Å²) in [5.41, 5.74) is 6.61. The Bertz CT molecular complexity index is 873. The van der Waals surface area contributed by atoms with E-state index in [9.17, 15) is 4.79 Å². The van der Waals surface area contributed by atoms with Gasteiger partial charge in [0.15, 0.2) is 0 Å². The van der Waals surface area contributed by atoms with Crippen LogP contribution in [0.2, 0.25) is 0 Å². The van der Waals surface area contributed by atoms with Gasteiger partial charge < -0.3 is 14.6 Å². The largest absolute Gasteiger partial charge is 0.472 e. The smallest absolute Gasteiger partial charge is 0.255 e. The minimum Gasteiger partial charge on any atom is -0.472 e. The number of hydrogen-bond donors (Lipinski definition) is 1. The number of rotatable bonds is 4. The van der Waals surface area contributed by atoms with Crippen LogP contribution >= 0.6 is 0 Å². The summed E-state index contributed by atoms with van der Waals surface area (Å²) >= 11 is 0. The Morgan fingerprint density at radius 1 is 1.00 bits per heavy atom. The van der Waals surface area contributed by atoms with Crippen molar-refractivity contribution < 1.29 is 9.21 Å². The fourth-order valence-corrected chi connectivity index (χ4v) is 2.85. The van der Waals surface area contributed by atoms with Crippen LogP contribution in [0, 0.1) is 13.8 Å². The van der Waals surface area contributed by atoms with Gasteiger partial charge in [0.25, 0.3) is 5.91 Å². The number of hydrogen-bond acceptors (Lipinski definition) is 3. The second-order valence-electron chi connectivity index (χ2n) is 6.40. The number of carbonyl (C=O) groups is 1. The molecule has 3 rings (SSSR count). The standard InChI is InChI=1S/C21H22N2O2/c1-14-10-19(23(3)4)11-15(2)20(14)22-21(24)17-7-5-6-16(12-17)18-8-9-25-13-18/h5-13H,1-4H3,(H,22,24). The lowest BCUT2D eigenvalue weighted by molar-refractivity contribution is 0.102. The molecule has 0 fully saturated rings. The highest BCUT2D eigenvalue weighted by Gasteiger charge is 2.12. The van der Waals surface area contributed by atoms with E-state index in [4.69, 9.17) is 4.42 Å². The molecule has 0 aliphatic rings. The van der Waals surface area contributed by atoms with Gasteiger partial charge in [-0.15, -0.1) is 0 Å². The minimum atomic E-state index is -0.117. The van der Waals surface area contributed by atoms with Crippen LogP contribution in [0.15, 0.2) is 59.4 Å². The molecule has 0 saturated heterocycles. The van der Waals surface area contributed by atoms with E-state index in [-0.39, 0.29) is 5.91 Å². The number of anilines is 2. The topological polar surface area (TPSA) is 45.5 Å². The van der Waals surface area contributed by atoms with Gasteiger partial charge in [0.1, 0.15) is 0 Å². The van der Waals surface area contributed by atoms with Crippen LogP contribution in [-0.2, 0) is 0 Å². The molecule has 4 heteroatoms. The first-order valence-electron chi connectivity index (χ1n) is 8.18. The van der Waals surface area contributed by atoms with Gasteiger partial charge in [0.2, 0.25) is 0 Å². The summed E-state index contributed by atoms with van der Waals surface area (Å²) in [5, 5.41) is 3.05. The van der Waals surface area contributed by atoms with Crippen molar-refractivity contribution in [3.8, 4) is 11.1 Å². The number of nitrogens with one attached hydrogen (secondary N) is 1. The molecule has 0 bridgehead atoms. The molecule has 0 atom stereocenters. The van der Waals surface area contributed by atoms with Crippen LogP contribution in [-0.4, -0.2) is 20.0 Å². The Balaban J connectivity index is 1.87. The molecule has 1 N–H and O–H groups in total. The molecule has 25 heavy (non-hydrogen) atoms. The molecule has 0 saturated carbocycles. The monoisotopic (exact) mass is 334 g/mol. The highest BCUT2D eigenvalue weighted by molar-refractivity contribution is 6.05. The van der Waals surface area contributed by atoms with Gasteiger partial charge in [-0.2, -0.15) is 0 Å². The van der Waals surface area contributed by atoms with Crippen molar-refractivity contribution in [2.45, 2.75) is 13.8 Å². The molecule has 1 aromatic heterocycles. The molecule has 128 valence electrons. The molecule has 1 amide bonds. The molecular weight excluding hydrogens is 312 g/mol. The minimum absolute atomic E-state index is 0.117. The number of furan rings is 1. The van der Waals surface area contributed by atoms with Crippen molar-refractivity contribution in [1.29, 1.82) is 0 Å². The van der Waals surface area contributed by atoms with E-state index in [0.29, 0.717) is 5.56 Å². The lowest BCUT2D eigenvalue weighted by Crippen LogP contribution is -2.15. The summed E-state index contributed by atoms with van der Waals surface area (Å²) in [4.78, 5) is 14.8. The van der Waals surface area contributed by atoms with Gasteiger partial charge in [0, 0.05) is 36.6 Å². The average Bonchev–Trinajstić information content (AvgIpc) is 3.12. The first-order valence-corrected chi connectivity index (χ1v) is 8.18. The quantitative estimate of drug-likeness (QED) is 0.739. The van der Waals surface area contributed by atoms with Gasteiger partial charge >= 0.3 is 0 Å². The Morgan fingerprint density at radius 2 is 1.72 bits per heavy atom. The maximum Gasteiger partial charge on any atom is 0.255 e. The summed E-state index contributed by atoms with van der Waals surface area (Å²) in [5.74, 6) is -0.117. The third-order valence-corrected chi connectivity index (χ3v) is 4.25. The van der Waals surface area contributed by atoms with Crippen molar-refractivity contribution in [2.75, 3.05) is 24.3 Å². The van der Waals surface area contributed by atoms with Gasteiger partial charge in [-0.25, -0.2) is 0 Å². The van der Waals surface area contributed by atoms with Crippen molar-refractivity contribution in [1.82, 2.24) is 0 Å². The maximum atomic E-state index is 12.7. The summed E-state index contributed by atoms with van der Waals surface area (Å²) in [6.45, 7) is 4.02. The van der Waals surface area contributed by atoms with Crippen molar-refractivity contribution in [3.05, 3.63) is 71.7 Å². The lowest BCUT2D eigenvalue weighted by atomic mass is 10.0. The van der Waals surface area contributed by atoms with E-state index in [1.807, 2.05) is 58.3 Å². The zero-order chi connectivity index (χ0) is 18.0. The molecule has 0 aliphatic heterocycles. The number of amides is 1. The van der Waals surface area contributed by atoms with Crippen molar-refractivity contribution in [2.24, 2.45) is 0 Å². The van der Waals surface area contributed by atoms with Crippen LogP contribution in [0.3, 0.4) is 0 Å². The first kappa shape index (κ1) is 16.8. The van der Waals surface area contributed by atoms with Crippen molar-refractivity contribution in [3.63, 3.8) is 0 Å². The fraction of sp³-hybridized carbons (Fsp3) is 0.190. The van der Waals surface area contributed by atoms with Crippen LogP contribution in [0.4, 0.5) is 11.4 Å². The van der Waals surface area contributed by atoms with E-state index in [0.717, 1.165) is 33.6 Å². The van der Waals surface area contributed by atoms with Gasteiger partial charge in [-0.05, 0) is 60.9 Å². The van der Waals surface area contributed by atoms with E-state index in [1.165, 1.54) is 0 Å². The molecule has 2 aromatic carbocycles. The summed E-state index contributed by atoms with van der Waals surface area (Å²) < 4.78 is 5.12. The highest BCUT2D eigenvalue weighted by atomic mass is 16.3. The second-order valence-corrected chi connectivity index (χ2v) is 6.40. The third-order valence-electron chi connectivity index (χ3n) is 4.25. The summed E-state index contributed by atoms with van der Waals surface area (Å²) in [6.07, 6.45) is 3.30. The predicted octanol–water partition coefficient (Wildman–Crippen LogP) is 4.88. The van der Waals surface area contributed by atoms with Crippen LogP contribution < -0.4 is 10.2 Å². The van der Waals surface area contributed by atoms with Gasteiger partial charge in [-0.3, -0.25) is 4.79 Å². The molecule has 3 aromatic rings. The Hall–Kier alpha value is -3.01. The Kier molecular flexibility index (Phi) is 4.61. The second kappa shape index (κ2) is 6.85. The summed E-state index contributed by atoms with van der Waals surface area (Å²) in [7, 11) is 4.02. The van der Waals surface area contributed by atoms with E-state index in [2.05, 4.69) is 22.3 Å². The fourth-order valence-electron chi connectivity index (χ4n) is 2.85. The molecule has 0 radical (unpaired) electrons. The lowest BCUT2D eigenvalue weighted by Gasteiger charge is -2.18. The number of benzene rings is 2.